The second kappa shape index (κ2) is 5.46. The molecule has 2 heterocycles. The first-order valence-corrected chi connectivity index (χ1v) is 7.13. The normalized spacial score (nSPS) is 20.4. The molecule has 1 atom stereocenters. The number of ether oxygens (including phenoxy) is 1. The molecule has 2 rings (SSSR count). The van der Waals surface area contributed by atoms with Gasteiger partial charge in [0, 0.05) is 24.5 Å². The summed E-state index contributed by atoms with van der Waals surface area (Å²) in [5.74, 6) is 0. The Bertz CT molecular complexity index is 456. The molecule has 0 aromatic carbocycles. The van der Waals surface area contributed by atoms with Gasteiger partial charge in [0.25, 0.3) is 0 Å². The number of halogens is 1. The van der Waals surface area contributed by atoms with Crippen LogP contribution in [-0.4, -0.2) is 36.2 Å². The second-order valence-electron chi connectivity index (χ2n) is 5.57. The minimum atomic E-state index is -0.494. The van der Waals surface area contributed by atoms with E-state index in [1.54, 1.807) is 11.0 Å². The van der Waals surface area contributed by atoms with Crippen LogP contribution < -0.4 is 5.32 Å². The van der Waals surface area contributed by atoms with Crippen molar-refractivity contribution in [2.75, 3.05) is 19.6 Å². The summed E-state index contributed by atoms with van der Waals surface area (Å²) in [5, 5.41) is 3.09. The summed E-state index contributed by atoms with van der Waals surface area (Å²) < 4.78 is 18.4. The molecule has 0 spiro atoms. The highest BCUT2D eigenvalue weighted by molar-refractivity contribution is 7.10. The number of amides is 1. The van der Waals surface area contributed by atoms with Crippen LogP contribution in [0.4, 0.5) is 9.18 Å². The van der Waals surface area contributed by atoms with Crippen molar-refractivity contribution in [1.82, 2.24) is 10.2 Å². The van der Waals surface area contributed by atoms with Crippen LogP contribution in [0.2, 0.25) is 0 Å². The zero-order valence-corrected chi connectivity index (χ0v) is 12.2. The largest absolute Gasteiger partial charge is 0.444 e. The predicted molar refractivity (Wildman–Crippen MR) is 72.8 cm³/mol. The summed E-state index contributed by atoms with van der Waals surface area (Å²) in [7, 11) is 0. The first-order chi connectivity index (χ1) is 8.85. The fourth-order valence-electron chi connectivity index (χ4n) is 1.95. The van der Waals surface area contributed by atoms with Gasteiger partial charge >= 0.3 is 6.09 Å². The van der Waals surface area contributed by atoms with Gasteiger partial charge in [-0.05, 0) is 32.9 Å². The van der Waals surface area contributed by atoms with Crippen LogP contribution in [0.25, 0.3) is 0 Å². The number of carbonyl (C=O) groups excluding carboxylic acids is 1. The molecule has 1 aliphatic rings. The van der Waals surface area contributed by atoms with Gasteiger partial charge in [-0.25, -0.2) is 4.79 Å². The van der Waals surface area contributed by atoms with Crippen LogP contribution in [0.1, 0.15) is 31.7 Å². The molecular formula is C13H19FN2O2S. The van der Waals surface area contributed by atoms with Gasteiger partial charge in [0.2, 0.25) is 0 Å². The Kier molecular flexibility index (Phi) is 4.10. The lowest BCUT2D eigenvalue weighted by molar-refractivity contribution is 0.0196. The number of rotatable bonds is 1. The summed E-state index contributed by atoms with van der Waals surface area (Å²) in [6, 6.07) is 3.19. The van der Waals surface area contributed by atoms with Crippen LogP contribution >= 0.6 is 11.3 Å². The lowest BCUT2D eigenvalue weighted by Gasteiger charge is -2.34. The molecule has 1 fully saturated rings. The van der Waals surface area contributed by atoms with Gasteiger partial charge in [-0.3, -0.25) is 0 Å². The molecule has 1 saturated heterocycles. The lowest BCUT2D eigenvalue weighted by Crippen LogP contribution is -2.49. The highest BCUT2D eigenvalue weighted by Crippen LogP contribution is 2.25. The van der Waals surface area contributed by atoms with E-state index in [9.17, 15) is 9.18 Å². The summed E-state index contributed by atoms with van der Waals surface area (Å²) >= 11 is 1.11. The van der Waals surface area contributed by atoms with Crippen molar-refractivity contribution in [2.24, 2.45) is 0 Å². The number of nitrogens with one attached hydrogen (secondary N) is 1. The van der Waals surface area contributed by atoms with Gasteiger partial charge in [0.1, 0.15) is 5.60 Å². The van der Waals surface area contributed by atoms with Crippen molar-refractivity contribution in [3.05, 3.63) is 22.1 Å². The summed E-state index contributed by atoms with van der Waals surface area (Å²) in [4.78, 5) is 14.6. The molecule has 19 heavy (non-hydrogen) atoms. The highest BCUT2D eigenvalue weighted by Gasteiger charge is 2.28. The number of carbonyl (C=O) groups is 1. The Morgan fingerprint density at radius 1 is 1.53 bits per heavy atom. The third kappa shape index (κ3) is 3.91. The van der Waals surface area contributed by atoms with E-state index in [4.69, 9.17) is 4.74 Å². The van der Waals surface area contributed by atoms with Crippen molar-refractivity contribution in [1.29, 1.82) is 0 Å². The molecule has 1 aromatic rings. The molecule has 1 N–H and O–H groups in total. The number of hydrogen-bond acceptors (Lipinski definition) is 4. The van der Waals surface area contributed by atoms with Gasteiger partial charge in [-0.1, -0.05) is 0 Å². The average molecular weight is 286 g/mol. The Balaban J connectivity index is 1.99. The topological polar surface area (TPSA) is 41.6 Å². The highest BCUT2D eigenvalue weighted by atomic mass is 32.1. The summed E-state index contributed by atoms with van der Waals surface area (Å²) in [5.41, 5.74) is -0.494. The monoisotopic (exact) mass is 286 g/mol. The molecule has 1 aliphatic heterocycles. The Labute approximate surface area is 116 Å². The van der Waals surface area contributed by atoms with E-state index in [0.717, 1.165) is 16.2 Å². The first kappa shape index (κ1) is 14.3. The van der Waals surface area contributed by atoms with Crippen LogP contribution in [-0.2, 0) is 4.74 Å². The molecule has 6 heteroatoms. The molecule has 0 bridgehead atoms. The van der Waals surface area contributed by atoms with Crippen LogP contribution in [0.5, 0.6) is 0 Å². The minimum Gasteiger partial charge on any atom is -0.444 e. The number of thiophene rings is 1. The summed E-state index contributed by atoms with van der Waals surface area (Å²) in [6.07, 6.45) is -0.309. The van der Waals surface area contributed by atoms with Crippen molar-refractivity contribution < 1.29 is 13.9 Å². The fourth-order valence-corrected chi connectivity index (χ4v) is 2.75. The zero-order valence-electron chi connectivity index (χ0n) is 11.4. The molecule has 1 amide bonds. The number of piperazine rings is 1. The maximum Gasteiger partial charge on any atom is 0.410 e. The van der Waals surface area contributed by atoms with E-state index in [-0.39, 0.29) is 17.3 Å². The van der Waals surface area contributed by atoms with Crippen molar-refractivity contribution in [3.8, 4) is 0 Å². The third-order valence-electron chi connectivity index (χ3n) is 2.76. The first-order valence-electron chi connectivity index (χ1n) is 6.32. The molecule has 0 saturated carbocycles. The predicted octanol–water partition coefficient (Wildman–Crippen LogP) is 2.77. The molecule has 106 valence electrons. The van der Waals surface area contributed by atoms with Gasteiger partial charge < -0.3 is 15.0 Å². The summed E-state index contributed by atoms with van der Waals surface area (Å²) in [6.45, 7) is 7.34. The fraction of sp³-hybridized carbons (Fsp3) is 0.615. The minimum absolute atomic E-state index is 0.0178. The quantitative estimate of drug-likeness (QED) is 0.863. The lowest BCUT2D eigenvalue weighted by atomic mass is 10.2. The van der Waals surface area contributed by atoms with E-state index in [1.807, 2.05) is 20.8 Å². The Morgan fingerprint density at radius 3 is 2.84 bits per heavy atom. The molecule has 1 aromatic heterocycles. The van der Waals surface area contributed by atoms with Gasteiger partial charge in [-0.2, -0.15) is 4.39 Å². The van der Waals surface area contributed by atoms with Crippen molar-refractivity contribution >= 4 is 17.4 Å². The van der Waals surface area contributed by atoms with Crippen LogP contribution in [0.15, 0.2) is 12.1 Å². The Morgan fingerprint density at radius 2 is 2.26 bits per heavy atom. The standard InChI is InChI=1S/C13H19FN2O2S/c1-13(2,3)18-12(17)16-7-6-15-9(8-16)10-4-5-11(14)19-10/h4-5,9,15H,6-8H2,1-3H3. The number of hydrogen-bond donors (Lipinski definition) is 1. The van der Waals surface area contributed by atoms with E-state index < -0.39 is 5.60 Å². The van der Waals surface area contributed by atoms with Crippen LogP contribution in [0, 0.1) is 5.13 Å². The van der Waals surface area contributed by atoms with E-state index in [2.05, 4.69) is 5.32 Å². The Hall–Kier alpha value is -1.14. The van der Waals surface area contributed by atoms with E-state index in [1.165, 1.54) is 6.07 Å². The second-order valence-corrected chi connectivity index (χ2v) is 6.64. The maximum absolute atomic E-state index is 13.0. The maximum atomic E-state index is 13.0. The van der Waals surface area contributed by atoms with Crippen molar-refractivity contribution in [2.45, 2.75) is 32.4 Å². The molecular weight excluding hydrogens is 267 g/mol. The van der Waals surface area contributed by atoms with Crippen LogP contribution in [0.3, 0.4) is 0 Å². The van der Waals surface area contributed by atoms with Gasteiger partial charge in [-0.15, -0.1) is 11.3 Å². The average Bonchev–Trinajstić information content (AvgIpc) is 2.74. The smallest absolute Gasteiger partial charge is 0.410 e. The zero-order chi connectivity index (χ0) is 14.0. The molecule has 4 nitrogen and oxygen atoms in total. The SMILES string of the molecule is CC(C)(C)OC(=O)N1CCNC(c2ccc(F)s2)C1. The molecule has 1 unspecified atom stereocenters. The number of nitrogens with zero attached hydrogens (tertiary/aromatic N) is 1. The van der Waals surface area contributed by atoms with Gasteiger partial charge in [0.15, 0.2) is 5.13 Å². The van der Waals surface area contributed by atoms with Gasteiger partial charge in [0.05, 0.1) is 6.04 Å². The van der Waals surface area contributed by atoms with Crippen molar-refractivity contribution in [3.63, 3.8) is 0 Å². The molecule has 0 radical (unpaired) electrons. The molecule has 0 aliphatic carbocycles. The van der Waals surface area contributed by atoms with E-state index >= 15 is 0 Å². The third-order valence-corrected chi connectivity index (χ3v) is 3.75. The van der Waals surface area contributed by atoms with E-state index in [0.29, 0.717) is 19.6 Å².